The average molecular weight is 247 g/mol. The lowest BCUT2D eigenvalue weighted by atomic mass is 9.97. The van der Waals surface area contributed by atoms with Crippen LogP contribution in [0, 0.1) is 10.1 Å². The van der Waals surface area contributed by atoms with Gasteiger partial charge in [0.2, 0.25) is 0 Å². The Kier molecular flexibility index (Phi) is 2.91. The lowest BCUT2D eigenvalue weighted by Gasteiger charge is -2.26. The lowest BCUT2D eigenvalue weighted by molar-refractivity contribution is -0.384. The van der Waals surface area contributed by atoms with Gasteiger partial charge >= 0.3 is 0 Å². The third-order valence-corrected chi connectivity index (χ3v) is 3.83. The summed E-state index contributed by atoms with van der Waals surface area (Å²) in [6, 6.07) is 3.48. The van der Waals surface area contributed by atoms with Crippen LogP contribution in [0.2, 0.25) is 0 Å². The second-order valence-corrected chi connectivity index (χ2v) is 4.98. The van der Waals surface area contributed by atoms with Crippen LogP contribution in [-0.4, -0.2) is 24.6 Å². The molecule has 0 bridgehead atoms. The highest BCUT2D eigenvalue weighted by Crippen LogP contribution is 2.33. The van der Waals surface area contributed by atoms with Gasteiger partial charge in [0.1, 0.15) is 0 Å². The molecule has 0 aliphatic carbocycles. The zero-order valence-corrected chi connectivity index (χ0v) is 10.3. The Hall–Kier alpha value is -1.62. The summed E-state index contributed by atoms with van der Waals surface area (Å²) in [5.41, 5.74) is 3.72. The van der Waals surface area contributed by atoms with Crippen LogP contribution in [0.3, 0.4) is 0 Å². The molecule has 5 heteroatoms. The van der Waals surface area contributed by atoms with Crippen LogP contribution in [0.15, 0.2) is 12.1 Å². The van der Waals surface area contributed by atoms with E-state index in [-0.39, 0.29) is 10.6 Å². The molecule has 0 atom stereocenters. The standard InChI is InChI=1S/C13H17N3O2/c17-16(18)11-7-10-9-14-4-3-12(10)13(8-11)15-5-1-2-6-15/h7-8,14H,1-6,9H2. The molecule has 0 saturated carbocycles. The predicted molar refractivity (Wildman–Crippen MR) is 70.0 cm³/mol. The summed E-state index contributed by atoms with van der Waals surface area (Å²) >= 11 is 0. The Balaban J connectivity index is 2.08. The average Bonchev–Trinajstić information content (AvgIpc) is 2.91. The highest BCUT2D eigenvalue weighted by atomic mass is 16.6. The molecule has 96 valence electrons. The van der Waals surface area contributed by atoms with Gasteiger partial charge in [-0.15, -0.1) is 0 Å². The number of nitro benzene ring substituents is 1. The molecule has 1 N–H and O–H groups in total. The van der Waals surface area contributed by atoms with Gasteiger partial charge in [0.25, 0.3) is 5.69 Å². The van der Waals surface area contributed by atoms with Crippen LogP contribution in [0.4, 0.5) is 11.4 Å². The Labute approximate surface area is 106 Å². The van der Waals surface area contributed by atoms with Crippen LogP contribution in [0.1, 0.15) is 24.0 Å². The van der Waals surface area contributed by atoms with E-state index in [9.17, 15) is 10.1 Å². The van der Waals surface area contributed by atoms with E-state index in [2.05, 4.69) is 10.2 Å². The van der Waals surface area contributed by atoms with Crippen molar-refractivity contribution in [2.24, 2.45) is 0 Å². The fraction of sp³-hybridized carbons (Fsp3) is 0.538. The normalized spacial score (nSPS) is 18.8. The van der Waals surface area contributed by atoms with Crippen molar-refractivity contribution in [3.05, 3.63) is 33.4 Å². The van der Waals surface area contributed by atoms with Crippen molar-refractivity contribution in [3.8, 4) is 0 Å². The molecule has 5 nitrogen and oxygen atoms in total. The second kappa shape index (κ2) is 4.57. The van der Waals surface area contributed by atoms with Gasteiger partial charge in [-0.2, -0.15) is 0 Å². The molecule has 18 heavy (non-hydrogen) atoms. The first-order valence-corrected chi connectivity index (χ1v) is 6.51. The fourth-order valence-corrected chi connectivity index (χ4v) is 2.93. The van der Waals surface area contributed by atoms with Crippen molar-refractivity contribution in [2.75, 3.05) is 24.5 Å². The molecule has 0 unspecified atom stereocenters. The van der Waals surface area contributed by atoms with Crippen molar-refractivity contribution >= 4 is 11.4 Å². The first-order valence-electron chi connectivity index (χ1n) is 6.51. The third kappa shape index (κ3) is 1.95. The first-order chi connectivity index (χ1) is 8.75. The van der Waals surface area contributed by atoms with Gasteiger partial charge in [0.15, 0.2) is 0 Å². The van der Waals surface area contributed by atoms with Gasteiger partial charge in [-0.1, -0.05) is 0 Å². The molecule has 1 fully saturated rings. The number of anilines is 1. The van der Waals surface area contributed by atoms with Gasteiger partial charge in [-0.3, -0.25) is 10.1 Å². The minimum absolute atomic E-state index is 0.222. The molecule has 2 aliphatic heterocycles. The maximum Gasteiger partial charge on any atom is 0.271 e. The molecule has 2 heterocycles. The predicted octanol–water partition coefficient (Wildman–Crippen LogP) is 1.84. The van der Waals surface area contributed by atoms with Crippen LogP contribution in [0.25, 0.3) is 0 Å². The van der Waals surface area contributed by atoms with E-state index in [1.807, 2.05) is 0 Å². The van der Waals surface area contributed by atoms with Crippen molar-refractivity contribution in [2.45, 2.75) is 25.8 Å². The van der Waals surface area contributed by atoms with Crippen molar-refractivity contribution in [1.82, 2.24) is 5.32 Å². The summed E-state index contributed by atoms with van der Waals surface area (Å²) in [5, 5.41) is 14.3. The van der Waals surface area contributed by atoms with Gasteiger partial charge < -0.3 is 10.2 Å². The SMILES string of the molecule is O=[N+]([O-])c1cc2c(c(N3CCCC3)c1)CCNC2. The summed E-state index contributed by atoms with van der Waals surface area (Å²) in [6.45, 7) is 3.77. The van der Waals surface area contributed by atoms with E-state index in [4.69, 9.17) is 0 Å². The Morgan fingerprint density at radius 1 is 1.28 bits per heavy atom. The molecule has 2 aliphatic rings. The topological polar surface area (TPSA) is 58.4 Å². The molecule has 1 saturated heterocycles. The van der Waals surface area contributed by atoms with Crippen molar-refractivity contribution < 1.29 is 4.92 Å². The maximum atomic E-state index is 11.0. The quantitative estimate of drug-likeness (QED) is 0.640. The summed E-state index contributed by atoms with van der Waals surface area (Å²) in [4.78, 5) is 13.0. The monoisotopic (exact) mass is 247 g/mol. The molecule has 0 aromatic heterocycles. The smallest absolute Gasteiger partial charge is 0.271 e. The summed E-state index contributed by atoms with van der Waals surface area (Å²) in [5.74, 6) is 0. The number of hydrogen-bond acceptors (Lipinski definition) is 4. The number of fused-ring (bicyclic) bond motifs is 1. The van der Waals surface area contributed by atoms with Crippen LogP contribution in [-0.2, 0) is 13.0 Å². The summed E-state index contributed by atoms with van der Waals surface area (Å²) in [7, 11) is 0. The maximum absolute atomic E-state index is 11.0. The Bertz CT molecular complexity index is 481. The molecule has 1 aromatic carbocycles. The number of nitrogens with zero attached hydrogens (tertiary/aromatic N) is 2. The summed E-state index contributed by atoms with van der Waals surface area (Å²) < 4.78 is 0. The van der Waals surface area contributed by atoms with Crippen molar-refractivity contribution in [1.29, 1.82) is 0 Å². The Morgan fingerprint density at radius 2 is 2.06 bits per heavy atom. The van der Waals surface area contributed by atoms with E-state index in [0.717, 1.165) is 43.9 Å². The van der Waals surface area contributed by atoms with E-state index in [1.165, 1.54) is 18.4 Å². The molecule has 3 rings (SSSR count). The molecule has 0 radical (unpaired) electrons. The second-order valence-electron chi connectivity index (χ2n) is 4.98. The minimum Gasteiger partial charge on any atom is -0.371 e. The summed E-state index contributed by atoms with van der Waals surface area (Å²) in [6.07, 6.45) is 3.35. The molecule has 0 spiro atoms. The molecular formula is C13H17N3O2. The van der Waals surface area contributed by atoms with E-state index >= 15 is 0 Å². The zero-order valence-electron chi connectivity index (χ0n) is 10.3. The number of nitro groups is 1. The van der Waals surface area contributed by atoms with Crippen LogP contribution >= 0.6 is 0 Å². The van der Waals surface area contributed by atoms with Crippen LogP contribution < -0.4 is 10.2 Å². The number of hydrogen-bond donors (Lipinski definition) is 1. The minimum atomic E-state index is -0.283. The number of nitrogens with one attached hydrogen (secondary N) is 1. The lowest BCUT2D eigenvalue weighted by Crippen LogP contribution is -2.27. The molecular weight excluding hydrogens is 230 g/mol. The largest absolute Gasteiger partial charge is 0.371 e. The third-order valence-electron chi connectivity index (χ3n) is 3.83. The van der Waals surface area contributed by atoms with Gasteiger partial charge in [0, 0.05) is 37.5 Å². The highest BCUT2D eigenvalue weighted by molar-refractivity contribution is 5.63. The Morgan fingerprint density at radius 3 is 2.78 bits per heavy atom. The number of non-ortho nitro benzene ring substituents is 1. The van der Waals surface area contributed by atoms with E-state index < -0.39 is 0 Å². The molecule has 0 amide bonds. The molecule has 1 aromatic rings. The highest BCUT2D eigenvalue weighted by Gasteiger charge is 2.23. The van der Waals surface area contributed by atoms with Crippen molar-refractivity contribution in [3.63, 3.8) is 0 Å². The van der Waals surface area contributed by atoms with E-state index in [0.29, 0.717) is 0 Å². The van der Waals surface area contributed by atoms with Gasteiger partial charge in [0.05, 0.1) is 4.92 Å². The van der Waals surface area contributed by atoms with E-state index in [1.54, 1.807) is 12.1 Å². The zero-order chi connectivity index (χ0) is 12.5. The number of benzene rings is 1. The van der Waals surface area contributed by atoms with Gasteiger partial charge in [-0.05, 0) is 36.9 Å². The number of rotatable bonds is 2. The van der Waals surface area contributed by atoms with Gasteiger partial charge in [-0.25, -0.2) is 0 Å². The van der Waals surface area contributed by atoms with Crippen LogP contribution in [0.5, 0.6) is 0 Å². The first kappa shape index (κ1) is 11.5. The fourth-order valence-electron chi connectivity index (χ4n) is 2.93.